The van der Waals surface area contributed by atoms with Crippen LogP contribution in [0.4, 0.5) is 0 Å². The smallest absolute Gasteiger partial charge is 0.00199 e. The van der Waals surface area contributed by atoms with Crippen LogP contribution in [0.1, 0.15) is 57.4 Å². The zero-order chi connectivity index (χ0) is 13.8. The number of nitrogens with two attached hydrogens (primary N) is 1. The number of hydrogen-bond donors (Lipinski definition) is 1. The van der Waals surface area contributed by atoms with Crippen LogP contribution in [0, 0.1) is 16.7 Å². The lowest BCUT2D eigenvalue weighted by Gasteiger charge is -2.67. The molecule has 1 aromatic rings. The highest BCUT2D eigenvalue weighted by atomic mass is 14.7. The number of hydrogen-bond acceptors (Lipinski definition) is 1. The molecule has 4 fully saturated rings. The van der Waals surface area contributed by atoms with E-state index < -0.39 is 0 Å². The Morgan fingerprint density at radius 3 is 2.40 bits per heavy atom. The highest BCUT2D eigenvalue weighted by molar-refractivity contribution is 5.31. The Morgan fingerprint density at radius 2 is 1.70 bits per heavy atom. The first-order chi connectivity index (χ1) is 9.63. The molecule has 1 nitrogen and oxygen atoms in total. The topological polar surface area (TPSA) is 26.0 Å². The second kappa shape index (κ2) is 4.10. The lowest BCUT2D eigenvalue weighted by atomic mass is 9.38. The normalized spacial score (nSPS) is 45.8. The Kier molecular flexibility index (Phi) is 2.64. The quantitative estimate of drug-likeness (QED) is 0.871. The molecule has 0 amide bonds. The van der Waals surface area contributed by atoms with Gasteiger partial charge in [-0.2, -0.15) is 0 Å². The molecule has 4 atom stereocenters. The van der Waals surface area contributed by atoms with Crippen molar-refractivity contribution < 1.29 is 0 Å². The largest absolute Gasteiger partial charge is 0.330 e. The minimum atomic E-state index is 0.441. The maximum atomic E-state index is 6.28. The third-order valence-electron chi connectivity index (χ3n) is 6.87. The van der Waals surface area contributed by atoms with Crippen molar-refractivity contribution in [2.45, 2.75) is 57.3 Å². The summed E-state index contributed by atoms with van der Waals surface area (Å²) in [5.74, 6) is 0.926. The highest BCUT2D eigenvalue weighted by Crippen LogP contribution is 2.70. The molecule has 0 aromatic heterocycles. The molecule has 2 N–H and O–H groups in total. The Morgan fingerprint density at radius 1 is 1.00 bits per heavy atom. The van der Waals surface area contributed by atoms with E-state index in [1.165, 1.54) is 44.9 Å². The van der Waals surface area contributed by atoms with Crippen molar-refractivity contribution in [1.82, 2.24) is 0 Å². The Bertz CT molecular complexity index is 486. The van der Waals surface area contributed by atoms with E-state index in [0.29, 0.717) is 16.2 Å². The van der Waals surface area contributed by atoms with Crippen molar-refractivity contribution in [2.24, 2.45) is 22.5 Å². The minimum Gasteiger partial charge on any atom is -0.330 e. The molecule has 1 aromatic carbocycles. The molecule has 108 valence electrons. The van der Waals surface area contributed by atoms with Gasteiger partial charge in [-0.25, -0.2) is 0 Å². The zero-order valence-corrected chi connectivity index (χ0v) is 12.7. The van der Waals surface area contributed by atoms with E-state index in [4.69, 9.17) is 5.73 Å². The molecule has 0 spiro atoms. The van der Waals surface area contributed by atoms with Crippen LogP contribution in [-0.2, 0) is 5.41 Å². The van der Waals surface area contributed by atoms with Crippen LogP contribution in [0.5, 0.6) is 0 Å². The van der Waals surface area contributed by atoms with E-state index in [9.17, 15) is 0 Å². The van der Waals surface area contributed by atoms with Gasteiger partial charge in [0, 0.05) is 0 Å². The first-order valence-corrected chi connectivity index (χ1v) is 8.39. The Balaban J connectivity index is 1.82. The van der Waals surface area contributed by atoms with Crippen LogP contribution in [0.2, 0.25) is 0 Å². The zero-order valence-electron chi connectivity index (χ0n) is 12.7. The standard InChI is InChI=1S/C19H27N/c1-2-17-8-15-9-18(11-17,14-20)13-19(10-15,12-17)16-6-4-3-5-7-16/h3-7,15H,2,8-14,20H2,1H3. The predicted molar refractivity (Wildman–Crippen MR) is 83.5 cm³/mol. The van der Waals surface area contributed by atoms with Gasteiger partial charge in [-0.1, -0.05) is 43.7 Å². The van der Waals surface area contributed by atoms with E-state index in [1.54, 1.807) is 5.56 Å². The van der Waals surface area contributed by atoms with Gasteiger partial charge in [0.05, 0.1) is 0 Å². The van der Waals surface area contributed by atoms with Gasteiger partial charge in [0.15, 0.2) is 0 Å². The fraction of sp³-hybridized carbons (Fsp3) is 0.684. The van der Waals surface area contributed by atoms with Crippen molar-refractivity contribution in [3.05, 3.63) is 35.9 Å². The lowest BCUT2D eigenvalue weighted by Crippen LogP contribution is -2.60. The molecule has 4 aliphatic carbocycles. The Labute approximate surface area is 122 Å². The first kappa shape index (κ1) is 12.9. The SMILES string of the molecule is CCC12CC3CC(CN)(C1)CC(c1ccccc1)(C3)C2. The molecule has 0 aliphatic heterocycles. The van der Waals surface area contributed by atoms with E-state index >= 15 is 0 Å². The summed E-state index contributed by atoms with van der Waals surface area (Å²) < 4.78 is 0. The van der Waals surface area contributed by atoms with Crippen LogP contribution < -0.4 is 5.73 Å². The second-order valence-electron chi connectivity index (χ2n) is 8.21. The maximum absolute atomic E-state index is 6.28. The summed E-state index contributed by atoms with van der Waals surface area (Å²) in [5, 5.41) is 0. The summed E-state index contributed by atoms with van der Waals surface area (Å²) >= 11 is 0. The monoisotopic (exact) mass is 269 g/mol. The summed E-state index contributed by atoms with van der Waals surface area (Å²) in [6.07, 6.45) is 9.80. The molecule has 0 heterocycles. The predicted octanol–water partition coefficient (Wildman–Crippen LogP) is 4.26. The fourth-order valence-corrected chi connectivity index (χ4v) is 6.58. The summed E-state index contributed by atoms with van der Waals surface area (Å²) in [4.78, 5) is 0. The van der Waals surface area contributed by atoms with E-state index in [2.05, 4.69) is 37.3 Å². The second-order valence-corrected chi connectivity index (χ2v) is 8.21. The van der Waals surface area contributed by atoms with Crippen molar-refractivity contribution >= 4 is 0 Å². The third-order valence-corrected chi connectivity index (χ3v) is 6.87. The molecular formula is C19H27N. The summed E-state index contributed by atoms with van der Waals surface area (Å²) in [6, 6.07) is 11.4. The van der Waals surface area contributed by atoms with Crippen molar-refractivity contribution in [3.63, 3.8) is 0 Å². The van der Waals surface area contributed by atoms with Crippen LogP contribution in [0.25, 0.3) is 0 Å². The molecule has 20 heavy (non-hydrogen) atoms. The lowest BCUT2D eigenvalue weighted by molar-refractivity contribution is -0.123. The van der Waals surface area contributed by atoms with Crippen LogP contribution in [0.15, 0.2) is 30.3 Å². The minimum absolute atomic E-state index is 0.441. The summed E-state index contributed by atoms with van der Waals surface area (Å²) in [5.41, 5.74) is 9.36. The molecule has 0 radical (unpaired) electrons. The average Bonchev–Trinajstić information content (AvgIpc) is 2.47. The van der Waals surface area contributed by atoms with Gasteiger partial charge >= 0.3 is 0 Å². The third kappa shape index (κ3) is 1.65. The van der Waals surface area contributed by atoms with E-state index in [0.717, 1.165) is 12.5 Å². The fourth-order valence-electron chi connectivity index (χ4n) is 6.58. The van der Waals surface area contributed by atoms with Gasteiger partial charge < -0.3 is 5.73 Å². The van der Waals surface area contributed by atoms with Gasteiger partial charge in [0.25, 0.3) is 0 Å². The summed E-state index contributed by atoms with van der Waals surface area (Å²) in [6.45, 7) is 3.32. The van der Waals surface area contributed by atoms with Crippen LogP contribution >= 0.6 is 0 Å². The van der Waals surface area contributed by atoms with Gasteiger partial charge in [0.2, 0.25) is 0 Å². The number of rotatable bonds is 3. The van der Waals surface area contributed by atoms with E-state index in [-0.39, 0.29) is 0 Å². The molecule has 0 saturated heterocycles. The first-order valence-electron chi connectivity index (χ1n) is 8.39. The molecule has 4 unspecified atom stereocenters. The van der Waals surface area contributed by atoms with Crippen molar-refractivity contribution in [1.29, 1.82) is 0 Å². The van der Waals surface area contributed by atoms with Gasteiger partial charge in [0.1, 0.15) is 0 Å². The number of benzene rings is 1. The van der Waals surface area contributed by atoms with E-state index in [1.807, 2.05) is 0 Å². The maximum Gasteiger partial charge on any atom is -0.00199 e. The Hall–Kier alpha value is -0.820. The molecule has 4 saturated carbocycles. The molecular weight excluding hydrogens is 242 g/mol. The molecule has 5 rings (SSSR count). The van der Waals surface area contributed by atoms with Crippen molar-refractivity contribution in [3.8, 4) is 0 Å². The van der Waals surface area contributed by atoms with Gasteiger partial charge in [-0.15, -0.1) is 0 Å². The van der Waals surface area contributed by atoms with Gasteiger partial charge in [-0.3, -0.25) is 0 Å². The highest BCUT2D eigenvalue weighted by Gasteiger charge is 2.62. The van der Waals surface area contributed by atoms with Crippen LogP contribution in [0.3, 0.4) is 0 Å². The molecule has 1 heteroatoms. The van der Waals surface area contributed by atoms with Crippen molar-refractivity contribution in [2.75, 3.05) is 6.54 Å². The van der Waals surface area contributed by atoms with Gasteiger partial charge in [-0.05, 0) is 72.8 Å². The molecule has 4 aliphatic rings. The molecule has 4 bridgehead atoms. The van der Waals surface area contributed by atoms with Crippen LogP contribution in [-0.4, -0.2) is 6.54 Å². The summed E-state index contributed by atoms with van der Waals surface area (Å²) in [7, 11) is 0. The average molecular weight is 269 g/mol.